The number of methoxy groups -OCH3 is 2. The first-order valence-electron chi connectivity index (χ1n) is 5.79. The third-order valence-electron chi connectivity index (χ3n) is 2.62. The lowest BCUT2D eigenvalue weighted by atomic mass is 10.2. The first-order valence-corrected chi connectivity index (χ1v) is 6.17. The van der Waals surface area contributed by atoms with E-state index in [0.29, 0.717) is 27.9 Å². The number of amides is 1. The molecule has 1 heterocycles. The minimum Gasteiger partial charge on any atom is -0.495 e. The molecule has 0 saturated carbocycles. The molecule has 0 radical (unpaired) electrons. The van der Waals surface area contributed by atoms with Crippen LogP contribution in [-0.4, -0.2) is 25.1 Å². The van der Waals surface area contributed by atoms with Gasteiger partial charge in [-0.05, 0) is 24.3 Å². The summed E-state index contributed by atoms with van der Waals surface area (Å²) >= 11 is 5.99. The Morgan fingerprint density at radius 1 is 1.20 bits per heavy atom. The summed E-state index contributed by atoms with van der Waals surface area (Å²) in [5.41, 5.74) is 1.01. The van der Waals surface area contributed by atoms with Crippen molar-refractivity contribution in [3.8, 4) is 11.6 Å². The van der Waals surface area contributed by atoms with Gasteiger partial charge >= 0.3 is 0 Å². The number of carbonyl (C=O) groups excluding carboxylic acids is 1. The number of nitrogens with zero attached hydrogens (tertiary/aromatic N) is 1. The monoisotopic (exact) mass is 292 g/mol. The molecule has 0 bridgehead atoms. The Hall–Kier alpha value is -2.27. The van der Waals surface area contributed by atoms with Gasteiger partial charge < -0.3 is 14.8 Å². The van der Waals surface area contributed by atoms with Crippen LogP contribution in [0.4, 0.5) is 5.69 Å². The van der Waals surface area contributed by atoms with Crippen LogP contribution in [0.2, 0.25) is 5.02 Å². The first kappa shape index (κ1) is 14.1. The summed E-state index contributed by atoms with van der Waals surface area (Å²) in [6.45, 7) is 0. The van der Waals surface area contributed by atoms with Crippen LogP contribution in [0.25, 0.3) is 0 Å². The molecule has 1 aromatic heterocycles. The quantitative estimate of drug-likeness (QED) is 0.941. The summed E-state index contributed by atoms with van der Waals surface area (Å²) in [5, 5.41) is 3.16. The zero-order chi connectivity index (χ0) is 14.5. The molecule has 5 nitrogen and oxygen atoms in total. The normalized spacial score (nSPS) is 9.95. The standard InChI is InChI=1S/C14H13ClN2O3/c1-19-12-5-4-10(7-11(12)15)17-14(18)9-3-6-13(20-2)16-8-9/h3-8H,1-2H3,(H,17,18). The number of hydrogen-bond donors (Lipinski definition) is 1. The van der Waals surface area contributed by atoms with E-state index in [1.54, 1.807) is 30.3 Å². The van der Waals surface area contributed by atoms with Crippen molar-refractivity contribution in [3.05, 3.63) is 47.1 Å². The van der Waals surface area contributed by atoms with Gasteiger partial charge in [-0.3, -0.25) is 4.79 Å². The van der Waals surface area contributed by atoms with Crippen LogP contribution in [0.5, 0.6) is 11.6 Å². The number of anilines is 1. The average molecular weight is 293 g/mol. The SMILES string of the molecule is COc1ccc(C(=O)Nc2ccc(OC)c(Cl)c2)cn1. The van der Waals surface area contributed by atoms with Crippen molar-refractivity contribution in [1.82, 2.24) is 4.98 Å². The Morgan fingerprint density at radius 2 is 2.00 bits per heavy atom. The minimum absolute atomic E-state index is 0.276. The van der Waals surface area contributed by atoms with E-state index in [1.165, 1.54) is 20.4 Å². The largest absolute Gasteiger partial charge is 0.495 e. The zero-order valence-corrected chi connectivity index (χ0v) is 11.8. The maximum absolute atomic E-state index is 12.0. The number of benzene rings is 1. The molecular formula is C14H13ClN2O3. The summed E-state index contributed by atoms with van der Waals surface area (Å²) in [5.74, 6) is 0.728. The fraction of sp³-hybridized carbons (Fsp3) is 0.143. The van der Waals surface area contributed by atoms with Gasteiger partial charge in [0.25, 0.3) is 5.91 Å². The van der Waals surface area contributed by atoms with Gasteiger partial charge in [-0.1, -0.05) is 11.6 Å². The predicted molar refractivity (Wildman–Crippen MR) is 76.7 cm³/mol. The van der Waals surface area contributed by atoms with Crippen LogP contribution < -0.4 is 14.8 Å². The van der Waals surface area contributed by atoms with Gasteiger partial charge in [-0.25, -0.2) is 4.98 Å². The Balaban J connectivity index is 2.12. The number of nitrogens with one attached hydrogen (secondary N) is 1. The number of halogens is 1. The summed E-state index contributed by atoms with van der Waals surface area (Å²) in [6.07, 6.45) is 1.44. The number of pyridine rings is 1. The van der Waals surface area contributed by atoms with E-state index < -0.39 is 0 Å². The second-order valence-corrected chi connectivity index (χ2v) is 4.30. The van der Waals surface area contributed by atoms with Crippen LogP contribution in [0.15, 0.2) is 36.5 Å². The molecule has 104 valence electrons. The number of aromatic nitrogens is 1. The van der Waals surface area contributed by atoms with Crippen molar-refractivity contribution in [1.29, 1.82) is 0 Å². The lowest BCUT2D eigenvalue weighted by molar-refractivity contribution is 0.102. The fourth-order valence-corrected chi connectivity index (χ4v) is 1.84. The first-order chi connectivity index (χ1) is 9.63. The highest BCUT2D eigenvalue weighted by Gasteiger charge is 2.08. The van der Waals surface area contributed by atoms with E-state index in [4.69, 9.17) is 21.1 Å². The molecule has 2 aromatic rings. The van der Waals surface area contributed by atoms with Crippen LogP contribution in [-0.2, 0) is 0 Å². The maximum Gasteiger partial charge on any atom is 0.257 e. The molecule has 1 amide bonds. The van der Waals surface area contributed by atoms with E-state index in [-0.39, 0.29) is 5.91 Å². The van der Waals surface area contributed by atoms with Crippen molar-refractivity contribution in [2.75, 3.05) is 19.5 Å². The average Bonchev–Trinajstić information content (AvgIpc) is 2.47. The number of ether oxygens (including phenoxy) is 2. The Labute approximate surface area is 121 Å². The summed E-state index contributed by atoms with van der Waals surface area (Å²) in [7, 11) is 3.05. The maximum atomic E-state index is 12.0. The van der Waals surface area contributed by atoms with E-state index in [2.05, 4.69) is 10.3 Å². The molecule has 0 aliphatic rings. The minimum atomic E-state index is -0.276. The molecule has 6 heteroatoms. The molecule has 0 saturated heterocycles. The van der Waals surface area contributed by atoms with Gasteiger partial charge in [0.15, 0.2) is 0 Å². The molecule has 0 atom stereocenters. The van der Waals surface area contributed by atoms with Gasteiger partial charge in [0.05, 0.1) is 24.8 Å². The van der Waals surface area contributed by atoms with E-state index in [0.717, 1.165) is 0 Å². The lowest BCUT2D eigenvalue weighted by Crippen LogP contribution is -2.12. The molecule has 0 spiro atoms. The van der Waals surface area contributed by atoms with E-state index in [1.807, 2.05) is 0 Å². The molecule has 0 aliphatic carbocycles. The molecular weight excluding hydrogens is 280 g/mol. The molecule has 0 aliphatic heterocycles. The summed E-state index contributed by atoms with van der Waals surface area (Å²) in [6, 6.07) is 8.27. The smallest absolute Gasteiger partial charge is 0.257 e. The predicted octanol–water partition coefficient (Wildman–Crippen LogP) is 3.00. The van der Waals surface area contributed by atoms with Crippen molar-refractivity contribution < 1.29 is 14.3 Å². The zero-order valence-electron chi connectivity index (χ0n) is 11.0. The molecule has 2 rings (SSSR count). The summed E-state index contributed by atoms with van der Waals surface area (Å²) < 4.78 is 9.98. The molecule has 0 unspecified atom stereocenters. The molecule has 1 aromatic carbocycles. The van der Waals surface area contributed by atoms with Gasteiger partial charge in [-0.2, -0.15) is 0 Å². The van der Waals surface area contributed by atoms with Gasteiger partial charge in [0.2, 0.25) is 5.88 Å². The Kier molecular flexibility index (Phi) is 4.42. The van der Waals surface area contributed by atoms with E-state index >= 15 is 0 Å². The van der Waals surface area contributed by atoms with Crippen LogP contribution in [0.3, 0.4) is 0 Å². The fourth-order valence-electron chi connectivity index (χ4n) is 1.58. The topological polar surface area (TPSA) is 60.5 Å². The Bertz CT molecular complexity index is 614. The third-order valence-corrected chi connectivity index (χ3v) is 2.91. The molecule has 20 heavy (non-hydrogen) atoms. The van der Waals surface area contributed by atoms with Gasteiger partial charge in [0, 0.05) is 18.0 Å². The second-order valence-electron chi connectivity index (χ2n) is 3.89. The second kappa shape index (κ2) is 6.25. The third kappa shape index (κ3) is 3.19. The van der Waals surface area contributed by atoms with Crippen molar-refractivity contribution >= 4 is 23.2 Å². The van der Waals surface area contributed by atoms with Gasteiger partial charge in [-0.15, -0.1) is 0 Å². The lowest BCUT2D eigenvalue weighted by Gasteiger charge is -2.08. The highest BCUT2D eigenvalue weighted by molar-refractivity contribution is 6.32. The number of hydrogen-bond acceptors (Lipinski definition) is 4. The van der Waals surface area contributed by atoms with Crippen LogP contribution in [0, 0.1) is 0 Å². The summed E-state index contributed by atoms with van der Waals surface area (Å²) in [4.78, 5) is 16.0. The highest BCUT2D eigenvalue weighted by Crippen LogP contribution is 2.27. The van der Waals surface area contributed by atoms with Crippen molar-refractivity contribution in [3.63, 3.8) is 0 Å². The highest BCUT2D eigenvalue weighted by atomic mass is 35.5. The van der Waals surface area contributed by atoms with Crippen molar-refractivity contribution in [2.24, 2.45) is 0 Å². The van der Waals surface area contributed by atoms with E-state index in [9.17, 15) is 4.79 Å². The van der Waals surface area contributed by atoms with Crippen LogP contribution in [0.1, 0.15) is 10.4 Å². The molecule has 1 N–H and O–H groups in total. The number of carbonyl (C=O) groups is 1. The van der Waals surface area contributed by atoms with Crippen molar-refractivity contribution in [2.45, 2.75) is 0 Å². The van der Waals surface area contributed by atoms with Crippen LogP contribution >= 0.6 is 11.6 Å². The Morgan fingerprint density at radius 3 is 2.55 bits per heavy atom. The van der Waals surface area contributed by atoms with Gasteiger partial charge in [0.1, 0.15) is 5.75 Å². The number of rotatable bonds is 4. The molecule has 0 fully saturated rings.